The van der Waals surface area contributed by atoms with Crippen LogP contribution in [0.5, 0.6) is 0 Å². The molecule has 0 bridgehead atoms. The molecule has 0 fully saturated rings. The molecule has 0 atom stereocenters. The van der Waals surface area contributed by atoms with Gasteiger partial charge in [0.05, 0.1) is 33.5 Å². The Morgan fingerprint density at radius 3 is 1.59 bits per heavy atom. The highest BCUT2D eigenvalue weighted by molar-refractivity contribution is 6.26. The first-order valence-electron chi connectivity index (χ1n) is 20.0. The number of hydrogen-bond donors (Lipinski definition) is 0. The average molecular weight is 741 g/mol. The van der Waals surface area contributed by atoms with Crippen LogP contribution in [0.15, 0.2) is 194 Å². The molecule has 8 aromatic carbocycles. The van der Waals surface area contributed by atoms with Crippen LogP contribution in [0.2, 0.25) is 0 Å². The summed E-state index contributed by atoms with van der Waals surface area (Å²) in [5, 5.41) is 5.25. The zero-order chi connectivity index (χ0) is 38.2. The molecule has 11 aromatic rings. The molecule has 1 aliphatic carbocycles. The summed E-state index contributed by atoms with van der Waals surface area (Å²) in [6.45, 7) is 0. The first kappa shape index (κ1) is 32.7. The molecule has 0 amide bonds. The van der Waals surface area contributed by atoms with Crippen LogP contribution in [0.3, 0.4) is 0 Å². The van der Waals surface area contributed by atoms with Gasteiger partial charge in [-0.3, -0.25) is 0 Å². The molecule has 3 aromatic heterocycles. The topological polar surface area (TPSA) is 35.6 Å². The Morgan fingerprint density at radius 2 is 0.879 bits per heavy atom. The van der Waals surface area contributed by atoms with Gasteiger partial charge < -0.3 is 9.13 Å². The van der Waals surface area contributed by atoms with Crippen LogP contribution in [-0.2, 0) is 12.8 Å². The molecule has 272 valence electrons. The third-order valence-electron chi connectivity index (χ3n) is 12.0. The number of hydrogen-bond acceptors (Lipinski definition) is 2. The smallest absolute Gasteiger partial charge is 0.160 e. The quantitative estimate of drug-likeness (QED) is 0.170. The lowest BCUT2D eigenvalue weighted by Crippen LogP contribution is -2.01. The Hall–Kier alpha value is -7.56. The molecule has 0 N–H and O–H groups in total. The van der Waals surface area contributed by atoms with Crippen LogP contribution in [0.1, 0.15) is 11.1 Å². The van der Waals surface area contributed by atoms with Crippen molar-refractivity contribution in [3.05, 3.63) is 205 Å². The predicted octanol–water partition coefficient (Wildman–Crippen LogP) is 13.4. The maximum atomic E-state index is 5.22. The molecule has 3 heterocycles. The number of aryl methyl sites for hydroxylation is 2. The Kier molecular flexibility index (Phi) is 7.32. The second-order valence-electron chi connectivity index (χ2n) is 15.3. The van der Waals surface area contributed by atoms with Gasteiger partial charge in [-0.15, -0.1) is 0 Å². The van der Waals surface area contributed by atoms with Crippen molar-refractivity contribution in [2.45, 2.75) is 12.8 Å². The van der Waals surface area contributed by atoms with Crippen molar-refractivity contribution in [2.24, 2.45) is 0 Å². The lowest BCUT2D eigenvalue weighted by molar-refractivity contribution is 0.971. The zero-order valence-corrected chi connectivity index (χ0v) is 31.7. The fourth-order valence-corrected chi connectivity index (χ4v) is 9.38. The van der Waals surface area contributed by atoms with Crippen LogP contribution in [0, 0.1) is 0 Å². The van der Waals surface area contributed by atoms with Gasteiger partial charge in [-0.05, 0) is 83.6 Å². The minimum absolute atomic E-state index is 0.696. The summed E-state index contributed by atoms with van der Waals surface area (Å²) in [4.78, 5) is 10.4. The fourth-order valence-electron chi connectivity index (χ4n) is 9.38. The monoisotopic (exact) mass is 740 g/mol. The summed E-state index contributed by atoms with van der Waals surface area (Å²) in [6.07, 6.45) is 2.05. The van der Waals surface area contributed by atoms with Gasteiger partial charge in [0.2, 0.25) is 0 Å². The minimum Gasteiger partial charge on any atom is -0.307 e. The van der Waals surface area contributed by atoms with E-state index in [1.165, 1.54) is 65.9 Å². The van der Waals surface area contributed by atoms with E-state index >= 15 is 0 Å². The number of nitrogens with zero attached hydrogens (tertiary/aromatic N) is 4. The summed E-state index contributed by atoms with van der Waals surface area (Å²) < 4.78 is 5.02. The fraction of sp³-hybridized carbons (Fsp3) is 0.0370. The van der Waals surface area contributed by atoms with Crippen LogP contribution in [0.4, 0.5) is 0 Å². The maximum Gasteiger partial charge on any atom is 0.160 e. The summed E-state index contributed by atoms with van der Waals surface area (Å²) in [6, 6.07) is 69.7. The second kappa shape index (κ2) is 13.0. The number of aromatic nitrogens is 4. The van der Waals surface area contributed by atoms with Crippen LogP contribution >= 0.6 is 0 Å². The third-order valence-corrected chi connectivity index (χ3v) is 12.0. The molecule has 0 saturated heterocycles. The van der Waals surface area contributed by atoms with Crippen molar-refractivity contribution < 1.29 is 0 Å². The normalized spacial score (nSPS) is 12.3. The number of rotatable bonds is 6. The molecular formula is C54H36N4. The van der Waals surface area contributed by atoms with Crippen molar-refractivity contribution in [1.29, 1.82) is 0 Å². The molecule has 0 radical (unpaired) electrons. The van der Waals surface area contributed by atoms with Crippen molar-refractivity contribution in [3.63, 3.8) is 0 Å². The highest BCUT2D eigenvalue weighted by Gasteiger charge is 2.27. The van der Waals surface area contributed by atoms with Gasteiger partial charge in [-0.1, -0.05) is 146 Å². The van der Waals surface area contributed by atoms with E-state index in [9.17, 15) is 0 Å². The van der Waals surface area contributed by atoms with Gasteiger partial charge in [0.1, 0.15) is 0 Å². The van der Waals surface area contributed by atoms with E-state index in [-0.39, 0.29) is 0 Å². The first-order valence-corrected chi connectivity index (χ1v) is 20.0. The Labute approximate surface area is 336 Å². The van der Waals surface area contributed by atoms with Crippen molar-refractivity contribution in [2.75, 3.05) is 0 Å². The molecule has 0 unspecified atom stereocenters. The van der Waals surface area contributed by atoms with Crippen LogP contribution in [0.25, 0.3) is 100 Å². The number of fused-ring (bicyclic) bond motifs is 4. The Morgan fingerprint density at radius 1 is 0.345 bits per heavy atom. The van der Waals surface area contributed by atoms with Crippen LogP contribution in [-0.4, -0.2) is 19.1 Å². The minimum atomic E-state index is 0.696. The first-order chi connectivity index (χ1) is 28.8. The van der Waals surface area contributed by atoms with E-state index < -0.39 is 0 Å². The molecule has 4 heteroatoms. The molecule has 1 aliphatic rings. The highest BCUT2D eigenvalue weighted by Crippen LogP contribution is 2.47. The highest BCUT2D eigenvalue weighted by atomic mass is 15.0. The summed E-state index contributed by atoms with van der Waals surface area (Å²) >= 11 is 0. The molecular weight excluding hydrogens is 705 g/mol. The average Bonchev–Trinajstić information content (AvgIpc) is 3.83. The van der Waals surface area contributed by atoms with E-state index in [2.05, 4.69) is 191 Å². The Balaban J connectivity index is 1.15. The summed E-state index contributed by atoms with van der Waals surface area (Å²) in [7, 11) is 0. The molecule has 0 saturated carbocycles. The molecule has 0 aliphatic heterocycles. The summed E-state index contributed by atoms with van der Waals surface area (Å²) in [5.41, 5.74) is 17.2. The van der Waals surface area contributed by atoms with Crippen molar-refractivity contribution >= 4 is 43.6 Å². The van der Waals surface area contributed by atoms with E-state index in [4.69, 9.17) is 9.97 Å². The van der Waals surface area contributed by atoms with Gasteiger partial charge in [0, 0.05) is 49.6 Å². The lowest BCUT2D eigenvalue weighted by atomic mass is 9.90. The Bertz CT molecular complexity index is 3320. The molecule has 4 nitrogen and oxygen atoms in total. The number of benzene rings is 8. The standard InChI is InChI=1S/C54H36N4/c1-4-15-35(16-5-1)39-22-12-24-42(31-39)58-49-28-14-21-38-29-30-40-33-45-44-26-10-11-27-48(44)57(52(45)53(58)51(40)50(38)49)43-25-13-23-41(32-43)54-55-46(36-17-6-2-7-18-36)34-47(56-54)37-19-8-3-9-20-37/h1-28,31-34H,29-30H2. The van der Waals surface area contributed by atoms with E-state index in [1.54, 1.807) is 0 Å². The van der Waals surface area contributed by atoms with Crippen molar-refractivity contribution in [1.82, 2.24) is 19.1 Å². The third kappa shape index (κ3) is 5.08. The predicted molar refractivity (Wildman–Crippen MR) is 240 cm³/mol. The maximum absolute atomic E-state index is 5.22. The van der Waals surface area contributed by atoms with Gasteiger partial charge in [-0.2, -0.15) is 0 Å². The van der Waals surface area contributed by atoms with Crippen molar-refractivity contribution in [3.8, 4) is 56.4 Å². The van der Waals surface area contributed by atoms with Gasteiger partial charge in [0.25, 0.3) is 0 Å². The number of para-hydroxylation sites is 1. The van der Waals surface area contributed by atoms with Gasteiger partial charge >= 0.3 is 0 Å². The zero-order valence-electron chi connectivity index (χ0n) is 31.7. The van der Waals surface area contributed by atoms with Gasteiger partial charge in [-0.25, -0.2) is 9.97 Å². The second-order valence-corrected chi connectivity index (χ2v) is 15.3. The molecule has 0 spiro atoms. The molecule has 58 heavy (non-hydrogen) atoms. The lowest BCUT2D eigenvalue weighted by Gasteiger charge is -2.16. The van der Waals surface area contributed by atoms with Crippen LogP contribution < -0.4 is 0 Å². The van der Waals surface area contributed by atoms with E-state index in [1.807, 2.05) is 12.1 Å². The molecule has 12 rings (SSSR count). The largest absolute Gasteiger partial charge is 0.307 e. The van der Waals surface area contributed by atoms with Gasteiger partial charge in [0.15, 0.2) is 5.82 Å². The SMILES string of the molecule is c1ccc(-c2cccc(-n3c4cccc5c4c4c(cc6c7ccccc7n(-c7cccc(-c8nc(-c9ccccc9)cc(-c9ccccc9)n8)c7)c6c43)CC5)c2)cc1. The van der Waals surface area contributed by atoms with E-state index in [0.29, 0.717) is 5.82 Å². The summed E-state index contributed by atoms with van der Waals surface area (Å²) in [5.74, 6) is 0.696. The van der Waals surface area contributed by atoms with E-state index in [0.717, 1.165) is 52.3 Å².